The Labute approximate surface area is 136 Å². The minimum atomic E-state index is -3.66. The average molecular weight is 348 g/mol. The third-order valence-corrected chi connectivity index (χ3v) is 4.76. The summed E-state index contributed by atoms with van der Waals surface area (Å²) in [5.74, 6) is -0.169. The van der Waals surface area contributed by atoms with Gasteiger partial charge in [0.05, 0.1) is 7.11 Å². The van der Waals surface area contributed by atoms with Gasteiger partial charge in [-0.05, 0) is 37.5 Å². The highest BCUT2D eigenvalue weighted by atomic mass is 35.7. The summed E-state index contributed by atoms with van der Waals surface area (Å²) in [4.78, 5) is 11.3. The lowest BCUT2D eigenvalue weighted by Gasteiger charge is -2.17. The van der Waals surface area contributed by atoms with Gasteiger partial charge in [-0.25, -0.2) is 9.65 Å². The molecule has 0 heterocycles. The number of carbonyl (C=O) groups is 1. The zero-order valence-corrected chi connectivity index (χ0v) is 14.8. The maximum Gasteiger partial charge on any atom is 0.409 e. The van der Waals surface area contributed by atoms with E-state index in [1.807, 2.05) is 12.1 Å². The fourth-order valence-electron chi connectivity index (χ4n) is 1.92. The van der Waals surface area contributed by atoms with Crippen molar-refractivity contribution in [3.05, 3.63) is 29.8 Å². The summed E-state index contributed by atoms with van der Waals surface area (Å²) in [7, 11) is 1.25. The van der Waals surface area contributed by atoms with Crippen LogP contribution in [0.15, 0.2) is 24.3 Å². The Morgan fingerprint density at radius 1 is 1.32 bits per heavy atom. The number of halogens is 1. The third kappa shape index (κ3) is 6.82. The molecule has 0 saturated carbocycles. The Bertz CT molecular complexity index is 521. The van der Waals surface area contributed by atoms with Gasteiger partial charge in [0.1, 0.15) is 11.8 Å². The molecule has 0 aliphatic heterocycles. The van der Waals surface area contributed by atoms with Crippen molar-refractivity contribution in [3.8, 4) is 5.75 Å². The number of nitrogens with one attached hydrogen (secondary N) is 1. The Morgan fingerprint density at radius 3 is 2.50 bits per heavy atom. The number of carbonyl (C=O) groups excluding carboxylic acids is 1. The normalized spacial score (nSPS) is 14.9. The van der Waals surface area contributed by atoms with Crippen LogP contribution in [0.4, 0.5) is 0 Å². The minimum Gasteiger partial charge on any atom is -0.468 e. The molecule has 1 rings (SSSR count). The summed E-state index contributed by atoms with van der Waals surface area (Å²) in [5, 5.41) is 2.44. The summed E-state index contributed by atoms with van der Waals surface area (Å²) >= 11 is 5.82. The lowest BCUT2D eigenvalue weighted by atomic mass is 10.1. The molecule has 7 heteroatoms. The van der Waals surface area contributed by atoms with Crippen LogP contribution in [0.5, 0.6) is 5.75 Å². The molecule has 22 heavy (non-hydrogen) atoms. The van der Waals surface area contributed by atoms with Gasteiger partial charge in [-0.2, -0.15) is 0 Å². The van der Waals surface area contributed by atoms with E-state index in [0.717, 1.165) is 12.8 Å². The van der Waals surface area contributed by atoms with E-state index >= 15 is 0 Å². The highest BCUT2D eigenvalue weighted by Crippen LogP contribution is 2.48. The first-order chi connectivity index (χ1) is 10.4. The van der Waals surface area contributed by atoms with Crippen molar-refractivity contribution in [1.82, 2.24) is 5.09 Å². The molecule has 1 aromatic rings. The zero-order valence-electron chi connectivity index (χ0n) is 13.2. The highest BCUT2D eigenvalue weighted by molar-refractivity contribution is 7.84. The summed E-state index contributed by atoms with van der Waals surface area (Å²) in [5.41, 5.74) is 1.20. The first-order valence-electron chi connectivity index (χ1n) is 7.32. The quantitative estimate of drug-likeness (QED) is 0.410. The Kier molecular flexibility index (Phi) is 7.94. The van der Waals surface area contributed by atoms with Crippen molar-refractivity contribution < 1.29 is 18.6 Å². The van der Waals surface area contributed by atoms with E-state index in [4.69, 9.17) is 15.8 Å². The molecule has 0 aromatic heterocycles. The summed E-state index contributed by atoms with van der Waals surface area (Å²) in [6, 6.07) is 6.47. The second-order valence-electron chi connectivity index (χ2n) is 5.05. The van der Waals surface area contributed by atoms with Crippen LogP contribution in [0.3, 0.4) is 0 Å². The van der Waals surface area contributed by atoms with Crippen LogP contribution >= 0.6 is 18.1 Å². The van der Waals surface area contributed by atoms with Crippen molar-refractivity contribution in [3.63, 3.8) is 0 Å². The number of aryl methyl sites for hydroxylation is 1. The second-order valence-corrected chi connectivity index (χ2v) is 7.78. The van der Waals surface area contributed by atoms with Crippen molar-refractivity contribution in [2.45, 2.75) is 45.6 Å². The van der Waals surface area contributed by atoms with Crippen LogP contribution < -0.4 is 9.61 Å². The molecule has 0 spiro atoms. The summed E-state index contributed by atoms with van der Waals surface area (Å²) in [6.07, 6.45) is 4.53. The molecule has 0 radical (unpaired) electrons. The number of methoxy groups -OCH3 is 1. The van der Waals surface area contributed by atoms with Gasteiger partial charge in [0.25, 0.3) is 0 Å². The lowest BCUT2D eigenvalue weighted by molar-refractivity contribution is -0.142. The Balaban J connectivity index is 2.58. The minimum absolute atomic E-state index is 0.391. The highest BCUT2D eigenvalue weighted by Gasteiger charge is 2.27. The van der Waals surface area contributed by atoms with Gasteiger partial charge in [0, 0.05) is 11.2 Å². The van der Waals surface area contributed by atoms with Gasteiger partial charge in [-0.15, -0.1) is 0 Å². The smallest absolute Gasteiger partial charge is 0.409 e. The average Bonchev–Trinajstić information content (AvgIpc) is 2.47. The van der Waals surface area contributed by atoms with E-state index in [0.29, 0.717) is 5.75 Å². The third-order valence-electron chi connectivity index (χ3n) is 3.12. The molecule has 0 amide bonds. The summed E-state index contributed by atoms with van der Waals surface area (Å²) < 4.78 is 21.9. The summed E-state index contributed by atoms with van der Waals surface area (Å²) in [6.45, 7) is 0.00761. The Hall–Kier alpha value is -1.03. The fourth-order valence-corrected chi connectivity index (χ4v) is 3.61. The maximum atomic E-state index is 12.1. The second kappa shape index (κ2) is 9.19. The molecule has 0 aliphatic carbocycles. The van der Waals surface area contributed by atoms with Gasteiger partial charge < -0.3 is 9.26 Å². The van der Waals surface area contributed by atoms with Crippen molar-refractivity contribution >= 4 is 24.1 Å². The molecular weight excluding hydrogens is 325 g/mol. The van der Waals surface area contributed by atoms with E-state index < -0.39 is 18.9 Å². The van der Waals surface area contributed by atoms with Crippen LogP contribution in [0.25, 0.3) is 0 Å². The molecule has 2 atom stereocenters. The Morgan fingerprint density at radius 2 is 1.95 bits per heavy atom. The van der Waals surface area contributed by atoms with E-state index in [-0.39, 0.29) is 0 Å². The van der Waals surface area contributed by atoms with E-state index in [2.05, 4.69) is 16.7 Å². The first-order valence-corrected chi connectivity index (χ1v) is 9.84. The first kappa shape index (κ1) is 19.0. The van der Waals surface area contributed by atoms with Gasteiger partial charge in [0.2, 0.25) is 0 Å². The molecule has 0 saturated heterocycles. The van der Waals surface area contributed by atoms with Crippen LogP contribution in [0.1, 0.15) is 38.7 Å². The fraction of sp³-hybridized carbons (Fsp3) is 0.533. The predicted molar refractivity (Wildman–Crippen MR) is 88.4 cm³/mol. The SMILES string of the molecule is CCCCCc1ccc(OP(=O)(Cl)N[C@@H](C)C(=O)OC)cc1. The van der Waals surface area contributed by atoms with Crippen LogP contribution in [0.2, 0.25) is 0 Å². The number of unbranched alkanes of at least 4 members (excludes halogenated alkanes) is 2. The largest absolute Gasteiger partial charge is 0.468 e. The van der Waals surface area contributed by atoms with Gasteiger partial charge in [0.15, 0.2) is 0 Å². The van der Waals surface area contributed by atoms with E-state index in [1.165, 1.54) is 32.4 Å². The van der Waals surface area contributed by atoms with Crippen LogP contribution in [0, 0.1) is 0 Å². The molecule has 1 unspecified atom stereocenters. The lowest BCUT2D eigenvalue weighted by Crippen LogP contribution is -2.32. The van der Waals surface area contributed by atoms with E-state index in [9.17, 15) is 9.36 Å². The van der Waals surface area contributed by atoms with Crippen molar-refractivity contribution in [2.24, 2.45) is 0 Å². The number of benzene rings is 1. The topological polar surface area (TPSA) is 64.6 Å². The van der Waals surface area contributed by atoms with Crippen LogP contribution in [-0.4, -0.2) is 19.1 Å². The van der Waals surface area contributed by atoms with Crippen molar-refractivity contribution in [2.75, 3.05) is 7.11 Å². The molecule has 1 N–H and O–H groups in total. The molecular formula is C15H23ClNO4P. The number of hydrogen-bond donors (Lipinski definition) is 1. The number of ether oxygens (including phenoxy) is 1. The van der Waals surface area contributed by atoms with Crippen LogP contribution in [-0.2, 0) is 20.5 Å². The predicted octanol–water partition coefficient (Wildman–Crippen LogP) is 4.30. The number of hydrogen-bond acceptors (Lipinski definition) is 4. The molecule has 0 aliphatic rings. The van der Waals surface area contributed by atoms with Gasteiger partial charge >= 0.3 is 12.8 Å². The van der Waals surface area contributed by atoms with E-state index in [1.54, 1.807) is 12.1 Å². The molecule has 0 fully saturated rings. The number of esters is 1. The zero-order chi connectivity index (χ0) is 16.6. The number of rotatable bonds is 9. The molecule has 124 valence electrons. The van der Waals surface area contributed by atoms with Gasteiger partial charge in [-0.1, -0.05) is 31.9 Å². The monoisotopic (exact) mass is 347 g/mol. The molecule has 0 bridgehead atoms. The van der Waals surface area contributed by atoms with Crippen molar-refractivity contribution in [1.29, 1.82) is 0 Å². The standard InChI is InChI=1S/C15H23ClNO4P/c1-4-5-6-7-13-8-10-14(11-9-13)21-22(16,19)17-12(2)15(18)20-3/h8-12H,4-7H2,1-3H3,(H,17,19)/t12-,22?/m0/s1. The van der Waals surface area contributed by atoms with Gasteiger partial charge in [-0.3, -0.25) is 4.79 Å². The molecule has 5 nitrogen and oxygen atoms in total. The molecule has 1 aromatic carbocycles. The maximum absolute atomic E-state index is 12.1.